The minimum atomic E-state index is -3.32. The fourth-order valence-corrected chi connectivity index (χ4v) is 6.58. The lowest BCUT2D eigenvalue weighted by Gasteiger charge is -2.38. The number of unbranched alkanes of at least 4 members (excludes halogenated alkanes) is 2. The van der Waals surface area contributed by atoms with Crippen LogP contribution in [0.5, 0.6) is 11.6 Å². The van der Waals surface area contributed by atoms with E-state index < -0.39 is 21.6 Å². The Morgan fingerprint density at radius 3 is 2.34 bits per heavy atom. The van der Waals surface area contributed by atoms with Crippen molar-refractivity contribution in [3.05, 3.63) is 75.7 Å². The van der Waals surface area contributed by atoms with Gasteiger partial charge in [0.2, 0.25) is 5.88 Å². The second-order valence-electron chi connectivity index (χ2n) is 11.8. The van der Waals surface area contributed by atoms with Crippen LogP contribution in [0.2, 0.25) is 5.02 Å². The van der Waals surface area contributed by atoms with Crippen LogP contribution in [-0.2, 0) is 16.4 Å². The van der Waals surface area contributed by atoms with E-state index >= 15 is 0 Å². The van der Waals surface area contributed by atoms with Crippen LogP contribution < -0.4 is 15.8 Å². The molecule has 0 aliphatic carbocycles. The normalized spacial score (nSPS) is 13.9. The fourth-order valence-electron chi connectivity index (χ4n) is 5.61. The first kappa shape index (κ1) is 38.0. The number of piperidine rings is 1. The minimum Gasteiger partial charge on any atom is -0.438 e. The number of aryl methyl sites for hydroxylation is 2. The second kappa shape index (κ2) is 16.6. The van der Waals surface area contributed by atoms with E-state index in [2.05, 4.69) is 22.1 Å². The summed E-state index contributed by atoms with van der Waals surface area (Å²) in [5.41, 5.74) is 7.51. The minimum absolute atomic E-state index is 0. The average Bonchev–Trinajstić information content (AvgIpc) is 2.99. The molecule has 0 spiro atoms. The summed E-state index contributed by atoms with van der Waals surface area (Å²) in [7, 11) is -3.32. The van der Waals surface area contributed by atoms with Gasteiger partial charge < -0.3 is 20.7 Å². The van der Waals surface area contributed by atoms with Crippen LogP contribution in [0.4, 0.5) is 14.9 Å². The molecule has 0 unspecified atom stereocenters. The third-order valence-electron chi connectivity index (χ3n) is 8.10. The summed E-state index contributed by atoms with van der Waals surface area (Å²) < 4.78 is 44.0. The second-order valence-corrected chi connectivity index (χ2v) is 14.2. The number of urea groups is 1. The molecule has 3 N–H and O–H groups in total. The van der Waals surface area contributed by atoms with Crippen molar-refractivity contribution in [2.75, 3.05) is 31.2 Å². The number of pyridine rings is 1. The van der Waals surface area contributed by atoms with E-state index in [4.69, 9.17) is 22.1 Å². The molecule has 2 heterocycles. The number of benzene rings is 2. The average molecular weight is 711 g/mol. The molecule has 1 aromatic heterocycles. The number of sulfone groups is 1. The zero-order valence-corrected chi connectivity index (χ0v) is 29.4. The maximum Gasteiger partial charge on any atom is 0.322 e. The first-order chi connectivity index (χ1) is 21.8. The Labute approximate surface area is 287 Å². The number of aromatic nitrogens is 1. The number of nitrogens with one attached hydrogen (secondary N) is 1. The number of ether oxygens (including phenoxy) is 1. The maximum absolute atomic E-state index is 14.1. The molecule has 47 heavy (non-hydrogen) atoms. The fraction of sp³-hybridized carbons (Fsp3) is 0.424. The molecular weight excluding hydrogens is 668 g/mol. The summed E-state index contributed by atoms with van der Waals surface area (Å²) in [5, 5.41) is 2.75. The predicted octanol–water partition coefficient (Wildman–Crippen LogP) is 6.90. The Bertz CT molecular complexity index is 1660. The van der Waals surface area contributed by atoms with Crippen molar-refractivity contribution in [2.24, 2.45) is 5.73 Å². The lowest BCUT2D eigenvalue weighted by molar-refractivity contribution is 0.0996. The van der Waals surface area contributed by atoms with Crippen LogP contribution in [-0.4, -0.2) is 67.1 Å². The Morgan fingerprint density at radius 2 is 1.79 bits per heavy atom. The van der Waals surface area contributed by atoms with E-state index in [9.17, 15) is 22.4 Å². The number of hydrogen-bond acceptors (Lipinski definition) is 7. The first-order valence-electron chi connectivity index (χ1n) is 15.3. The zero-order chi connectivity index (χ0) is 33.6. The number of halogens is 3. The van der Waals surface area contributed by atoms with Crippen molar-refractivity contribution in [1.29, 1.82) is 0 Å². The summed E-state index contributed by atoms with van der Waals surface area (Å²) in [6.07, 6.45) is 7.30. The van der Waals surface area contributed by atoms with E-state index in [1.165, 1.54) is 12.3 Å². The molecule has 2 aromatic carbocycles. The van der Waals surface area contributed by atoms with Gasteiger partial charge in [-0.25, -0.2) is 22.6 Å². The third-order valence-corrected chi connectivity index (χ3v) is 9.50. The molecule has 0 atom stereocenters. The smallest absolute Gasteiger partial charge is 0.322 e. The van der Waals surface area contributed by atoms with E-state index in [1.807, 2.05) is 11.0 Å². The first-order valence-corrected chi connectivity index (χ1v) is 17.6. The highest BCUT2D eigenvalue weighted by atomic mass is 35.5. The number of nitrogens with zero attached hydrogens (tertiary/aromatic N) is 3. The van der Waals surface area contributed by atoms with E-state index in [0.717, 1.165) is 56.8 Å². The van der Waals surface area contributed by atoms with Crippen LogP contribution in [0.3, 0.4) is 0 Å². The largest absolute Gasteiger partial charge is 0.438 e. The van der Waals surface area contributed by atoms with Gasteiger partial charge in [-0.3, -0.25) is 9.69 Å². The van der Waals surface area contributed by atoms with Crippen LogP contribution in [0.15, 0.2) is 47.5 Å². The number of rotatable bonds is 12. The number of primary amides is 1. The molecule has 0 bridgehead atoms. The number of hydrogen-bond donors (Lipinski definition) is 2. The predicted molar refractivity (Wildman–Crippen MR) is 184 cm³/mol. The van der Waals surface area contributed by atoms with Gasteiger partial charge in [0.1, 0.15) is 11.6 Å². The number of amides is 3. The molecule has 1 aliphatic rings. The molecule has 3 amide bonds. The number of nitrogens with two attached hydrogens (primary N) is 1. The molecule has 10 nitrogen and oxygen atoms in total. The third kappa shape index (κ3) is 10.0. The lowest BCUT2D eigenvalue weighted by atomic mass is 10.0. The lowest BCUT2D eigenvalue weighted by Crippen LogP contribution is -2.49. The standard InChI is InChI=1S/C33H41ClFN5O5S.ClH/c1-5-6-7-12-40(33(42)38-29-17-26(32(36)41)28(35)18-27(29)34)24-10-13-39(14-11-24)20-23-8-9-30(37-19-23)45-31-21(2)15-25(16-22(31)3)46(4,43)44;/h8-9,15-19,24H,5-7,10-14,20H2,1-4H3,(H2,36,41)(H,38,42);1H. The van der Waals surface area contributed by atoms with Gasteiger partial charge in [0.05, 0.1) is 21.2 Å². The summed E-state index contributed by atoms with van der Waals surface area (Å²) >= 11 is 6.18. The molecule has 0 radical (unpaired) electrons. The Balaban J connectivity index is 0.00000600. The maximum atomic E-state index is 14.1. The molecule has 4 rings (SSSR count). The molecule has 0 saturated carbocycles. The zero-order valence-electron chi connectivity index (χ0n) is 27.0. The Morgan fingerprint density at radius 1 is 1.13 bits per heavy atom. The molecule has 1 aliphatic heterocycles. The van der Waals surface area contributed by atoms with Crippen LogP contribution in [0.25, 0.3) is 0 Å². The highest BCUT2D eigenvalue weighted by molar-refractivity contribution is 7.90. The van der Waals surface area contributed by atoms with Crippen molar-refractivity contribution < 1.29 is 27.1 Å². The number of anilines is 1. The van der Waals surface area contributed by atoms with Crippen molar-refractivity contribution in [2.45, 2.75) is 70.4 Å². The summed E-state index contributed by atoms with van der Waals surface area (Å²) in [4.78, 5) is 33.9. The van der Waals surface area contributed by atoms with Gasteiger partial charge in [-0.1, -0.05) is 37.4 Å². The van der Waals surface area contributed by atoms with Gasteiger partial charge in [-0.2, -0.15) is 0 Å². The highest BCUT2D eigenvalue weighted by Crippen LogP contribution is 2.31. The Kier molecular flexibility index (Phi) is 13.4. The highest BCUT2D eigenvalue weighted by Gasteiger charge is 2.28. The van der Waals surface area contributed by atoms with Gasteiger partial charge in [-0.15, -0.1) is 12.4 Å². The quantitative estimate of drug-likeness (QED) is 0.195. The van der Waals surface area contributed by atoms with Crippen molar-refractivity contribution in [3.63, 3.8) is 0 Å². The van der Waals surface area contributed by atoms with Gasteiger partial charge >= 0.3 is 6.03 Å². The van der Waals surface area contributed by atoms with Crippen LogP contribution in [0.1, 0.15) is 66.1 Å². The monoisotopic (exact) mass is 709 g/mol. The Hall–Kier alpha value is -3.45. The van der Waals surface area contributed by atoms with Gasteiger partial charge in [-0.05, 0) is 74.1 Å². The molecule has 1 fully saturated rings. The summed E-state index contributed by atoms with van der Waals surface area (Å²) in [5.74, 6) is -0.789. The molecule has 3 aromatic rings. The van der Waals surface area contributed by atoms with E-state index in [-0.39, 0.29) is 45.6 Å². The van der Waals surface area contributed by atoms with Gasteiger partial charge in [0.15, 0.2) is 9.84 Å². The molecule has 1 saturated heterocycles. The van der Waals surface area contributed by atoms with Gasteiger partial charge in [0, 0.05) is 50.7 Å². The van der Waals surface area contributed by atoms with E-state index in [1.54, 1.807) is 38.2 Å². The van der Waals surface area contributed by atoms with Crippen molar-refractivity contribution in [1.82, 2.24) is 14.8 Å². The number of carbonyl (C=O) groups excluding carboxylic acids is 2. The number of likely N-dealkylation sites (tertiary alicyclic amines) is 1. The summed E-state index contributed by atoms with van der Waals surface area (Å²) in [6.45, 7) is 8.50. The van der Waals surface area contributed by atoms with Crippen molar-refractivity contribution >= 4 is 51.5 Å². The molecule has 14 heteroatoms. The topological polar surface area (TPSA) is 135 Å². The van der Waals surface area contributed by atoms with Crippen LogP contribution >= 0.6 is 24.0 Å². The SMILES string of the molecule is CCCCCN(C(=O)Nc1cc(C(N)=O)c(F)cc1Cl)C1CCN(Cc2ccc(Oc3c(C)cc(S(C)(=O)=O)cc3C)nc2)CC1.Cl. The van der Waals surface area contributed by atoms with E-state index in [0.29, 0.717) is 35.8 Å². The number of carbonyl (C=O) groups is 2. The molecular formula is C33H42Cl2FN5O5S. The van der Waals surface area contributed by atoms with Gasteiger partial charge in [0.25, 0.3) is 5.91 Å². The molecule has 256 valence electrons. The summed E-state index contributed by atoms with van der Waals surface area (Å²) in [6, 6.07) is 8.75. The van der Waals surface area contributed by atoms with Crippen LogP contribution in [0, 0.1) is 19.7 Å². The van der Waals surface area contributed by atoms with Crippen molar-refractivity contribution in [3.8, 4) is 11.6 Å².